The van der Waals surface area contributed by atoms with Crippen LogP contribution in [0.2, 0.25) is 5.02 Å². The third-order valence-corrected chi connectivity index (χ3v) is 4.63. The van der Waals surface area contributed by atoms with Crippen molar-refractivity contribution in [1.82, 2.24) is 0 Å². The maximum absolute atomic E-state index is 10.4. The Morgan fingerprint density at radius 1 is 1.16 bits per heavy atom. The standard InChI is InChI=1S/C14H15ClO3S/c1-8-7-19-14(12(8)15)13(16)9-4-10(17-2)6-11(5-9)18-3/h4-7,13,16H,1-3H3. The van der Waals surface area contributed by atoms with Gasteiger partial charge in [0, 0.05) is 6.07 Å². The van der Waals surface area contributed by atoms with Crippen LogP contribution in [0.4, 0.5) is 0 Å². The van der Waals surface area contributed by atoms with Gasteiger partial charge in [0.25, 0.3) is 0 Å². The molecular formula is C14H15ClO3S. The van der Waals surface area contributed by atoms with Crippen LogP contribution in [0.5, 0.6) is 11.5 Å². The number of ether oxygens (including phenoxy) is 2. The monoisotopic (exact) mass is 298 g/mol. The van der Waals surface area contributed by atoms with Crippen LogP contribution in [-0.2, 0) is 0 Å². The number of hydrogen-bond acceptors (Lipinski definition) is 4. The molecule has 19 heavy (non-hydrogen) atoms. The van der Waals surface area contributed by atoms with Crippen LogP contribution >= 0.6 is 22.9 Å². The fourth-order valence-corrected chi connectivity index (χ4v) is 3.08. The minimum atomic E-state index is -0.782. The summed E-state index contributed by atoms with van der Waals surface area (Å²) < 4.78 is 10.4. The number of halogens is 1. The van der Waals surface area contributed by atoms with Gasteiger partial charge in [0.2, 0.25) is 0 Å². The number of aliphatic hydroxyl groups excluding tert-OH is 1. The lowest BCUT2D eigenvalue weighted by molar-refractivity contribution is 0.223. The van der Waals surface area contributed by atoms with Gasteiger partial charge in [-0.3, -0.25) is 0 Å². The van der Waals surface area contributed by atoms with Crippen LogP contribution < -0.4 is 9.47 Å². The van der Waals surface area contributed by atoms with Crippen molar-refractivity contribution in [2.45, 2.75) is 13.0 Å². The van der Waals surface area contributed by atoms with E-state index in [4.69, 9.17) is 21.1 Å². The first kappa shape index (κ1) is 14.2. The van der Waals surface area contributed by atoms with Gasteiger partial charge >= 0.3 is 0 Å². The topological polar surface area (TPSA) is 38.7 Å². The first-order chi connectivity index (χ1) is 9.06. The first-order valence-corrected chi connectivity index (χ1v) is 6.97. The highest BCUT2D eigenvalue weighted by atomic mass is 35.5. The van der Waals surface area contributed by atoms with Gasteiger partial charge in [0.1, 0.15) is 17.6 Å². The van der Waals surface area contributed by atoms with Gasteiger partial charge < -0.3 is 14.6 Å². The number of rotatable bonds is 4. The van der Waals surface area contributed by atoms with E-state index in [1.54, 1.807) is 32.4 Å². The molecule has 1 heterocycles. The van der Waals surface area contributed by atoms with Gasteiger partial charge in [0.05, 0.1) is 24.1 Å². The van der Waals surface area contributed by atoms with Crippen molar-refractivity contribution in [1.29, 1.82) is 0 Å². The summed E-state index contributed by atoms with van der Waals surface area (Å²) in [5, 5.41) is 13.0. The molecule has 0 bridgehead atoms. The average molecular weight is 299 g/mol. The molecule has 1 aromatic heterocycles. The van der Waals surface area contributed by atoms with Crippen molar-refractivity contribution in [3.63, 3.8) is 0 Å². The SMILES string of the molecule is COc1cc(OC)cc(C(O)c2scc(C)c2Cl)c1. The summed E-state index contributed by atoms with van der Waals surface area (Å²) in [6.07, 6.45) is -0.782. The van der Waals surface area contributed by atoms with E-state index in [1.165, 1.54) is 11.3 Å². The maximum atomic E-state index is 10.4. The molecule has 0 spiro atoms. The molecule has 2 rings (SSSR count). The summed E-state index contributed by atoms with van der Waals surface area (Å²) in [5.74, 6) is 1.27. The highest BCUT2D eigenvalue weighted by Gasteiger charge is 2.19. The van der Waals surface area contributed by atoms with Crippen molar-refractivity contribution in [2.75, 3.05) is 14.2 Å². The summed E-state index contributed by atoms with van der Waals surface area (Å²) in [6.45, 7) is 1.92. The zero-order chi connectivity index (χ0) is 14.0. The van der Waals surface area contributed by atoms with E-state index in [1.807, 2.05) is 12.3 Å². The van der Waals surface area contributed by atoms with Crippen LogP contribution in [0, 0.1) is 6.92 Å². The Balaban J connectivity index is 2.43. The Hall–Kier alpha value is -1.23. The summed E-state index contributed by atoms with van der Waals surface area (Å²) >= 11 is 7.63. The van der Waals surface area contributed by atoms with E-state index in [2.05, 4.69) is 0 Å². The smallest absolute Gasteiger partial charge is 0.122 e. The predicted octanol–water partition coefficient (Wildman–Crippen LogP) is 3.81. The summed E-state index contributed by atoms with van der Waals surface area (Å²) in [7, 11) is 3.15. The zero-order valence-electron chi connectivity index (χ0n) is 10.9. The third kappa shape index (κ3) is 2.86. The number of benzene rings is 1. The van der Waals surface area contributed by atoms with Crippen LogP contribution in [0.3, 0.4) is 0 Å². The molecular weight excluding hydrogens is 284 g/mol. The van der Waals surface area contributed by atoms with Gasteiger partial charge in [-0.25, -0.2) is 0 Å². The van der Waals surface area contributed by atoms with E-state index in [9.17, 15) is 5.11 Å². The number of methoxy groups -OCH3 is 2. The Morgan fingerprint density at radius 2 is 1.74 bits per heavy atom. The molecule has 0 aliphatic carbocycles. The van der Waals surface area contributed by atoms with Crippen molar-refractivity contribution in [2.24, 2.45) is 0 Å². The molecule has 0 saturated heterocycles. The number of hydrogen-bond donors (Lipinski definition) is 1. The van der Waals surface area contributed by atoms with Crippen molar-refractivity contribution in [3.05, 3.63) is 44.6 Å². The Morgan fingerprint density at radius 3 is 2.16 bits per heavy atom. The Bertz CT molecular complexity index is 558. The molecule has 0 aliphatic rings. The number of aliphatic hydroxyl groups is 1. The fraction of sp³-hybridized carbons (Fsp3) is 0.286. The van der Waals surface area contributed by atoms with Crippen molar-refractivity contribution < 1.29 is 14.6 Å². The van der Waals surface area contributed by atoms with Crippen LogP contribution in [0.15, 0.2) is 23.6 Å². The van der Waals surface area contributed by atoms with Gasteiger partial charge in [-0.05, 0) is 35.6 Å². The predicted molar refractivity (Wildman–Crippen MR) is 77.7 cm³/mol. The van der Waals surface area contributed by atoms with Crippen LogP contribution in [-0.4, -0.2) is 19.3 Å². The largest absolute Gasteiger partial charge is 0.497 e. The Kier molecular flexibility index (Phi) is 4.34. The minimum absolute atomic E-state index is 0.610. The van der Waals surface area contributed by atoms with Crippen molar-refractivity contribution in [3.8, 4) is 11.5 Å². The molecule has 0 aliphatic heterocycles. The van der Waals surface area contributed by atoms with Crippen LogP contribution in [0.1, 0.15) is 22.1 Å². The molecule has 0 amide bonds. The molecule has 1 N–H and O–H groups in total. The third-order valence-electron chi connectivity index (χ3n) is 2.86. The van der Waals surface area contributed by atoms with E-state index in [0.717, 1.165) is 10.4 Å². The quantitative estimate of drug-likeness (QED) is 0.933. The van der Waals surface area contributed by atoms with E-state index >= 15 is 0 Å². The maximum Gasteiger partial charge on any atom is 0.122 e. The lowest BCUT2D eigenvalue weighted by Gasteiger charge is -2.13. The molecule has 0 radical (unpaired) electrons. The normalized spacial score (nSPS) is 12.3. The summed E-state index contributed by atoms with van der Waals surface area (Å²) in [5.41, 5.74) is 1.66. The molecule has 1 aromatic carbocycles. The summed E-state index contributed by atoms with van der Waals surface area (Å²) in [6, 6.07) is 5.31. The average Bonchev–Trinajstić information content (AvgIpc) is 2.77. The molecule has 1 atom stereocenters. The number of thiophene rings is 1. The molecule has 0 fully saturated rings. The van der Waals surface area contributed by atoms with Gasteiger partial charge in [0.15, 0.2) is 0 Å². The van der Waals surface area contributed by atoms with E-state index < -0.39 is 6.10 Å². The van der Waals surface area contributed by atoms with Crippen molar-refractivity contribution >= 4 is 22.9 Å². The molecule has 2 aromatic rings. The fourth-order valence-electron chi connectivity index (χ4n) is 1.77. The van der Waals surface area contributed by atoms with E-state index in [0.29, 0.717) is 22.1 Å². The molecule has 3 nitrogen and oxygen atoms in total. The second kappa shape index (κ2) is 5.82. The molecule has 1 unspecified atom stereocenters. The van der Waals surface area contributed by atoms with Crippen LogP contribution in [0.25, 0.3) is 0 Å². The lowest BCUT2D eigenvalue weighted by Crippen LogP contribution is -2.00. The highest BCUT2D eigenvalue weighted by molar-refractivity contribution is 7.10. The second-order valence-corrected chi connectivity index (χ2v) is 5.43. The van der Waals surface area contributed by atoms with Gasteiger partial charge in [-0.15, -0.1) is 11.3 Å². The second-order valence-electron chi connectivity index (χ2n) is 4.15. The van der Waals surface area contributed by atoms with Gasteiger partial charge in [-0.2, -0.15) is 0 Å². The summed E-state index contributed by atoms with van der Waals surface area (Å²) in [4.78, 5) is 0.731. The minimum Gasteiger partial charge on any atom is -0.497 e. The zero-order valence-corrected chi connectivity index (χ0v) is 12.5. The first-order valence-electron chi connectivity index (χ1n) is 5.71. The Labute approximate surface area is 121 Å². The molecule has 0 saturated carbocycles. The van der Waals surface area contributed by atoms with E-state index in [-0.39, 0.29) is 0 Å². The molecule has 102 valence electrons. The number of aryl methyl sites for hydroxylation is 1. The highest BCUT2D eigenvalue weighted by Crippen LogP contribution is 2.37. The molecule has 5 heteroatoms. The van der Waals surface area contributed by atoms with Gasteiger partial charge in [-0.1, -0.05) is 11.6 Å². The lowest BCUT2D eigenvalue weighted by atomic mass is 10.1.